The number of rotatable bonds is 6. The van der Waals surface area contributed by atoms with Gasteiger partial charge < -0.3 is 19.2 Å². The van der Waals surface area contributed by atoms with Gasteiger partial charge in [-0.1, -0.05) is 6.07 Å². The number of carbonyl (C=O) groups excluding carboxylic acids is 1. The van der Waals surface area contributed by atoms with Crippen LogP contribution in [0.5, 0.6) is 5.75 Å². The van der Waals surface area contributed by atoms with Crippen LogP contribution in [0.15, 0.2) is 34.9 Å². The number of anilines is 1. The van der Waals surface area contributed by atoms with Gasteiger partial charge >= 0.3 is 5.97 Å². The average Bonchev–Trinajstić information content (AvgIpc) is 2.95. The van der Waals surface area contributed by atoms with Crippen LogP contribution in [0.1, 0.15) is 28.6 Å². The van der Waals surface area contributed by atoms with E-state index >= 15 is 0 Å². The number of nitrogens with one attached hydrogen (secondary N) is 1. The third kappa shape index (κ3) is 3.78. The van der Waals surface area contributed by atoms with E-state index in [0.717, 1.165) is 17.0 Å². The molecule has 0 aliphatic rings. The van der Waals surface area contributed by atoms with E-state index in [9.17, 15) is 4.79 Å². The molecule has 0 saturated carbocycles. The maximum atomic E-state index is 11.4. The molecule has 0 bridgehead atoms. The van der Waals surface area contributed by atoms with Crippen LogP contribution in [0.4, 0.5) is 5.69 Å². The van der Waals surface area contributed by atoms with Crippen LogP contribution in [0.3, 0.4) is 0 Å². The van der Waals surface area contributed by atoms with Crippen molar-refractivity contribution in [2.75, 3.05) is 19.0 Å². The maximum Gasteiger partial charge on any atom is 0.341 e. The summed E-state index contributed by atoms with van der Waals surface area (Å²) in [7, 11) is 1.34. The number of hydrogen-bond acceptors (Lipinski definition) is 5. The van der Waals surface area contributed by atoms with E-state index in [0.29, 0.717) is 24.5 Å². The molecule has 2 rings (SSSR count). The number of aryl methyl sites for hydroxylation is 1. The van der Waals surface area contributed by atoms with Crippen LogP contribution >= 0.6 is 0 Å². The second-order valence-corrected chi connectivity index (χ2v) is 4.58. The largest absolute Gasteiger partial charge is 0.492 e. The van der Waals surface area contributed by atoms with Gasteiger partial charge in [-0.05, 0) is 37.6 Å². The van der Waals surface area contributed by atoms with Gasteiger partial charge in [0.15, 0.2) is 0 Å². The van der Waals surface area contributed by atoms with Gasteiger partial charge in [0, 0.05) is 0 Å². The molecule has 1 aromatic heterocycles. The smallest absolute Gasteiger partial charge is 0.341 e. The topological polar surface area (TPSA) is 60.7 Å². The molecular formula is C16H19NO4. The lowest BCUT2D eigenvalue weighted by molar-refractivity contribution is 0.0600. The van der Waals surface area contributed by atoms with Crippen LogP contribution in [-0.2, 0) is 11.3 Å². The van der Waals surface area contributed by atoms with Crippen molar-refractivity contribution in [3.8, 4) is 5.75 Å². The lowest BCUT2D eigenvalue weighted by Crippen LogP contribution is -2.03. The lowest BCUT2D eigenvalue weighted by atomic mass is 10.2. The monoisotopic (exact) mass is 289 g/mol. The van der Waals surface area contributed by atoms with E-state index in [2.05, 4.69) is 10.1 Å². The van der Waals surface area contributed by atoms with E-state index in [1.807, 2.05) is 32.0 Å². The number of hydrogen-bond donors (Lipinski definition) is 1. The first-order chi connectivity index (χ1) is 10.1. The number of esters is 1. The third-order valence-corrected chi connectivity index (χ3v) is 2.96. The molecule has 0 spiro atoms. The van der Waals surface area contributed by atoms with Crippen molar-refractivity contribution in [2.24, 2.45) is 0 Å². The first kappa shape index (κ1) is 15.0. The zero-order valence-electron chi connectivity index (χ0n) is 12.4. The summed E-state index contributed by atoms with van der Waals surface area (Å²) in [5, 5.41) is 3.24. The molecule has 0 aliphatic carbocycles. The van der Waals surface area contributed by atoms with Crippen molar-refractivity contribution in [3.05, 3.63) is 47.4 Å². The minimum atomic E-state index is -0.407. The molecular weight excluding hydrogens is 270 g/mol. The summed E-state index contributed by atoms with van der Waals surface area (Å²) in [5.41, 5.74) is 2.43. The third-order valence-electron chi connectivity index (χ3n) is 2.96. The van der Waals surface area contributed by atoms with Crippen LogP contribution in [-0.4, -0.2) is 19.7 Å². The molecule has 112 valence electrons. The molecule has 5 nitrogen and oxygen atoms in total. The zero-order valence-corrected chi connectivity index (χ0v) is 12.4. The lowest BCUT2D eigenvalue weighted by Gasteiger charge is -2.12. The van der Waals surface area contributed by atoms with Gasteiger partial charge in [-0.25, -0.2) is 4.79 Å². The molecule has 5 heteroatoms. The van der Waals surface area contributed by atoms with Gasteiger partial charge in [0.1, 0.15) is 17.8 Å². The minimum absolute atomic E-state index is 0.406. The average molecular weight is 289 g/mol. The van der Waals surface area contributed by atoms with Gasteiger partial charge in [0.05, 0.1) is 31.5 Å². The standard InChI is InChI=1S/C16H19NO4/c1-4-20-15-7-11(2)5-6-14(15)17-9-13-8-12(10-21-13)16(18)19-3/h5-8,10,17H,4,9H2,1-3H3. The van der Waals surface area contributed by atoms with E-state index in [1.54, 1.807) is 6.07 Å². The highest BCUT2D eigenvalue weighted by molar-refractivity contribution is 5.89. The molecule has 1 heterocycles. The Bertz CT molecular complexity index is 618. The Morgan fingerprint density at radius 1 is 1.33 bits per heavy atom. The van der Waals surface area contributed by atoms with Crippen molar-refractivity contribution in [3.63, 3.8) is 0 Å². The predicted molar refractivity (Wildman–Crippen MR) is 79.7 cm³/mol. The van der Waals surface area contributed by atoms with Gasteiger partial charge in [0.2, 0.25) is 0 Å². The number of furan rings is 1. The highest BCUT2D eigenvalue weighted by Crippen LogP contribution is 2.26. The molecule has 1 aromatic carbocycles. The van der Waals surface area contributed by atoms with Crippen molar-refractivity contribution in [2.45, 2.75) is 20.4 Å². The minimum Gasteiger partial charge on any atom is -0.492 e. The van der Waals surface area contributed by atoms with Crippen LogP contribution in [0.25, 0.3) is 0 Å². The summed E-state index contributed by atoms with van der Waals surface area (Å²) in [5.74, 6) is 1.05. The molecule has 21 heavy (non-hydrogen) atoms. The highest BCUT2D eigenvalue weighted by Gasteiger charge is 2.10. The second kappa shape index (κ2) is 6.83. The van der Waals surface area contributed by atoms with Gasteiger partial charge in [-0.2, -0.15) is 0 Å². The Morgan fingerprint density at radius 3 is 2.86 bits per heavy atom. The van der Waals surface area contributed by atoms with E-state index < -0.39 is 5.97 Å². The molecule has 0 amide bonds. The second-order valence-electron chi connectivity index (χ2n) is 4.58. The summed E-state index contributed by atoms with van der Waals surface area (Å²) >= 11 is 0. The molecule has 0 radical (unpaired) electrons. The number of methoxy groups -OCH3 is 1. The normalized spacial score (nSPS) is 10.2. The molecule has 0 unspecified atom stereocenters. The number of carbonyl (C=O) groups is 1. The summed E-state index contributed by atoms with van der Waals surface area (Å²) < 4.78 is 15.6. The maximum absolute atomic E-state index is 11.4. The number of ether oxygens (including phenoxy) is 2. The van der Waals surface area contributed by atoms with Gasteiger partial charge in [0.25, 0.3) is 0 Å². The van der Waals surface area contributed by atoms with E-state index in [-0.39, 0.29) is 0 Å². The Balaban J connectivity index is 2.06. The molecule has 0 aliphatic heterocycles. The SMILES string of the molecule is CCOc1cc(C)ccc1NCc1cc(C(=O)OC)co1. The van der Waals surface area contributed by atoms with E-state index in [4.69, 9.17) is 9.15 Å². The van der Waals surface area contributed by atoms with Crippen molar-refractivity contribution < 1.29 is 18.7 Å². The molecule has 0 saturated heterocycles. The van der Waals surface area contributed by atoms with E-state index in [1.165, 1.54) is 13.4 Å². The Labute approximate surface area is 123 Å². The molecule has 2 aromatic rings. The molecule has 0 atom stereocenters. The Hall–Kier alpha value is -2.43. The quantitative estimate of drug-likeness (QED) is 0.826. The summed E-state index contributed by atoms with van der Waals surface area (Å²) in [6, 6.07) is 7.61. The van der Waals surface area contributed by atoms with Crippen molar-refractivity contribution in [1.82, 2.24) is 0 Å². The van der Waals surface area contributed by atoms with Crippen LogP contribution in [0, 0.1) is 6.92 Å². The summed E-state index contributed by atoms with van der Waals surface area (Å²) in [4.78, 5) is 11.4. The Morgan fingerprint density at radius 2 is 2.14 bits per heavy atom. The predicted octanol–water partition coefficient (Wildman–Crippen LogP) is 3.39. The first-order valence-electron chi connectivity index (χ1n) is 6.77. The van der Waals surface area contributed by atoms with Crippen LogP contribution in [0.2, 0.25) is 0 Å². The fourth-order valence-electron chi connectivity index (χ4n) is 1.93. The summed E-state index contributed by atoms with van der Waals surface area (Å²) in [6.45, 7) is 5.02. The van der Waals surface area contributed by atoms with Crippen LogP contribution < -0.4 is 10.1 Å². The van der Waals surface area contributed by atoms with Gasteiger partial charge in [-0.3, -0.25) is 0 Å². The first-order valence-corrected chi connectivity index (χ1v) is 6.77. The molecule has 1 N–H and O–H groups in total. The number of benzene rings is 1. The van der Waals surface area contributed by atoms with Gasteiger partial charge in [-0.15, -0.1) is 0 Å². The zero-order chi connectivity index (χ0) is 15.2. The Kier molecular flexibility index (Phi) is 4.87. The highest BCUT2D eigenvalue weighted by atomic mass is 16.5. The fourth-order valence-corrected chi connectivity index (χ4v) is 1.93. The van der Waals surface area contributed by atoms with Crippen molar-refractivity contribution >= 4 is 11.7 Å². The van der Waals surface area contributed by atoms with Crippen molar-refractivity contribution in [1.29, 1.82) is 0 Å². The fraction of sp³-hybridized carbons (Fsp3) is 0.312. The molecule has 0 fully saturated rings. The summed E-state index contributed by atoms with van der Waals surface area (Å²) in [6.07, 6.45) is 1.39.